The van der Waals surface area contributed by atoms with Crippen LogP contribution in [-0.4, -0.2) is 65.0 Å². The largest absolute Gasteiger partial charge is 0.480 e. The molecule has 2 heterocycles. The lowest BCUT2D eigenvalue weighted by Crippen LogP contribution is -2.51. The van der Waals surface area contributed by atoms with Crippen LogP contribution in [0.25, 0.3) is 0 Å². The second kappa shape index (κ2) is 8.35. The number of carbonyl (C=O) groups excluding carboxylic acids is 2. The highest BCUT2D eigenvalue weighted by molar-refractivity contribution is 5.85. The van der Waals surface area contributed by atoms with Crippen LogP contribution in [0.1, 0.15) is 46.0 Å². The van der Waals surface area contributed by atoms with Gasteiger partial charge in [-0.05, 0) is 31.6 Å². The first-order chi connectivity index (χ1) is 11.4. The van der Waals surface area contributed by atoms with Gasteiger partial charge in [-0.2, -0.15) is 0 Å². The van der Waals surface area contributed by atoms with E-state index in [1.54, 1.807) is 0 Å². The van der Waals surface area contributed by atoms with Crippen LogP contribution in [0.2, 0.25) is 0 Å². The van der Waals surface area contributed by atoms with Crippen LogP contribution < -0.4 is 5.32 Å². The standard InChI is InChI=1S/C17H29N3O4/c1-3-12(2)14(16(22)23)18-15(21)13-6-10-20(11-7-13)17(24)19-8-4-5-9-19/h12-14H,3-11H2,1-2H3,(H,18,21)(H,22,23)/t12-,14-/m0/s1. The Morgan fingerprint density at radius 2 is 1.62 bits per heavy atom. The molecule has 7 heteroatoms. The zero-order valence-electron chi connectivity index (χ0n) is 14.7. The molecule has 2 aliphatic heterocycles. The molecule has 2 atom stereocenters. The molecule has 2 N–H and O–H groups in total. The normalized spacial score (nSPS) is 21.4. The molecule has 0 aromatic carbocycles. The summed E-state index contributed by atoms with van der Waals surface area (Å²) in [5.41, 5.74) is 0. The van der Waals surface area contributed by atoms with Crippen LogP contribution in [0.15, 0.2) is 0 Å². The highest BCUT2D eigenvalue weighted by Gasteiger charge is 2.33. The molecule has 0 bridgehead atoms. The highest BCUT2D eigenvalue weighted by atomic mass is 16.4. The van der Waals surface area contributed by atoms with Crippen molar-refractivity contribution in [1.82, 2.24) is 15.1 Å². The number of piperidine rings is 1. The third-order valence-corrected chi connectivity index (χ3v) is 5.29. The molecule has 136 valence electrons. The van der Waals surface area contributed by atoms with Gasteiger partial charge in [0.25, 0.3) is 0 Å². The summed E-state index contributed by atoms with van der Waals surface area (Å²) < 4.78 is 0. The molecular formula is C17H29N3O4. The lowest BCUT2D eigenvalue weighted by molar-refractivity contribution is -0.144. The van der Waals surface area contributed by atoms with E-state index in [4.69, 9.17) is 0 Å². The molecule has 3 amide bonds. The molecular weight excluding hydrogens is 310 g/mol. The number of hydrogen-bond donors (Lipinski definition) is 2. The second-order valence-corrected chi connectivity index (χ2v) is 6.95. The summed E-state index contributed by atoms with van der Waals surface area (Å²) in [6.45, 7) is 6.53. The Morgan fingerprint density at radius 3 is 2.12 bits per heavy atom. The van der Waals surface area contributed by atoms with Crippen molar-refractivity contribution in [3.8, 4) is 0 Å². The molecule has 7 nitrogen and oxygen atoms in total. The zero-order chi connectivity index (χ0) is 17.7. The van der Waals surface area contributed by atoms with Gasteiger partial charge in [0.05, 0.1) is 0 Å². The average Bonchev–Trinajstić information content (AvgIpc) is 3.12. The van der Waals surface area contributed by atoms with E-state index in [0.717, 1.165) is 25.9 Å². The van der Waals surface area contributed by atoms with Gasteiger partial charge in [0.1, 0.15) is 6.04 Å². The van der Waals surface area contributed by atoms with Crippen LogP contribution in [0.5, 0.6) is 0 Å². The fraction of sp³-hybridized carbons (Fsp3) is 0.824. The predicted octanol–water partition coefficient (Wildman–Crippen LogP) is 1.53. The van der Waals surface area contributed by atoms with Crippen LogP contribution in [-0.2, 0) is 9.59 Å². The van der Waals surface area contributed by atoms with Gasteiger partial charge in [-0.25, -0.2) is 9.59 Å². The van der Waals surface area contributed by atoms with E-state index in [1.807, 2.05) is 23.6 Å². The highest BCUT2D eigenvalue weighted by Crippen LogP contribution is 2.21. The minimum absolute atomic E-state index is 0.0781. The summed E-state index contributed by atoms with van der Waals surface area (Å²) in [7, 11) is 0. The van der Waals surface area contributed by atoms with Crippen LogP contribution in [0.3, 0.4) is 0 Å². The second-order valence-electron chi connectivity index (χ2n) is 6.95. The SMILES string of the molecule is CC[C@H](C)[C@H](NC(=O)C1CCN(C(=O)N2CCCC2)CC1)C(=O)O. The van der Waals surface area contributed by atoms with Crippen molar-refractivity contribution in [2.24, 2.45) is 11.8 Å². The number of amides is 3. The van der Waals surface area contributed by atoms with Crippen LogP contribution in [0.4, 0.5) is 4.79 Å². The van der Waals surface area contributed by atoms with E-state index in [0.29, 0.717) is 32.4 Å². The lowest BCUT2D eigenvalue weighted by Gasteiger charge is -2.34. The number of carbonyl (C=O) groups is 3. The molecule has 0 radical (unpaired) electrons. The van der Waals surface area contributed by atoms with E-state index in [-0.39, 0.29) is 23.8 Å². The number of likely N-dealkylation sites (tertiary alicyclic amines) is 2. The van der Waals surface area contributed by atoms with Crippen molar-refractivity contribution < 1.29 is 19.5 Å². The fourth-order valence-corrected chi connectivity index (χ4v) is 3.40. The molecule has 0 unspecified atom stereocenters. The molecule has 2 saturated heterocycles. The van der Waals surface area contributed by atoms with Crippen LogP contribution >= 0.6 is 0 Å². The maximum Gasteiger partial charge on any atom is 0.326 e. The van der Waals surface area contributed by atoms with E-state index in [1.165, 1.54) is 0 Å². The quantitative estimate of drug-likeness (QED) is 0.795. The summed E-state index contributed by atoms with van der Waals surface area (Å²) in [5.74, 6) is -1.50. The predicted molar refractivity (Wildman–Crippen MR) is 89.5 cm³/mol. The summed E-state index contributed by atoms with van der Waals surface area (Å²) in [5, 5.41) is 12.0. The Balaban J connectivity index is 1.83. The molecule has 2 fully saturated rings. The molecule has 2 rings (SSSR count). The lowest BCUT2D eigenvalue weighted by atomic mass is 9.93. The van der Waals surface area contributed by atoms with E-state index in [9.17, 15) is 19.5 Å². The first kappa shape index (κ1) is 18.5. The van der Waals surface area contributed by atoms with Crippen LogP contribution in [0, 0.1) is 11.8 Å². The smallest absolute Gasteiger partial charge is 0.326 e. The van der Waals surface area contributed by atoms with Gasteiger partial charge < -0.3 is 20.2 Å². The third-order valence-electron chi connectivity index (χ3n) is 5.29. The van der Waals surface area contributed by atoms with Gasteiger partial charge in [0.15, 0.2) is 0 Å². The van der Waals surface area contributed by atoms with E-state index < -0.39 is 12.0 Å². The Hall–Kier alpha value is -1.79. The van der Waals surface area contributed by atoms with Gasteiger partial charge in [-0.15, -0.1) is 0 Å². The molecule has 0 aliphatic carbocycles. The van der Waals surface area contributed by atoms with E-state index in [2.05, 4.69) is 5.32 Å². The first-order valence-corrected chi connectivity index (χ1v) is 9.01. The number of hydrogen-bond acceptors (Lipinski definition) is 3. The van der Waals surface area contributed by atoms with Crippen molar-refractivity contribution >= 4 is 17.9 Å². The fourth-order valence-electron chi connectivity index (χ4n) is 3.40. The van der Waals surface area contributed by atoms with Gasteiger partial charge >= 0.3 is 12.0 Å². The van der Waals surface area contributed by atoms with Gasteiger partial charge in [0.2, 0.25) is 5.91 Å². The van der Waals surface area contributed by atoms with Crippen molar-refractivity contribution in [2.75, 3.05) is 26.2 Å². The van der Waals surface area contributed by atoms with Crippen molar-refractivity contribution in [2.45, 2.75) is 52.0 Å². The summed E-state index contributed by atoms with van der Waals surface area (Å²) in [4.78, 5) is 39.8. The number of urea groups is 1. The maximum absolute atomic E-state index is 12.4. The number of carboxylic acid groups (broad SMARTS) is 1. The van der Waals surface area contributed by atoms with Crippen molar-refractivity contribution in [3.05, 3.63) is 0 Å². The number of nitrogens with zero attached hydrogens (tertiary/aromatic N) is 2. The topological polar surface area (TPSA) is 90.0 Å². The van der Waals surface area contributed by atoms with Gasteiger partial charge in [-0.3, -0.25) is 4.79 Å². The summed E-state index contributed by atoms with van der Waals surface area (Å²) in [6, 6.07) is -0.763. The van der Waals surface area contributed by atoms with Crippen molar-refractivity contribution in [1.29, 1.82) is 0 Å². The molecule has 2 aliphatic rings. The number of aliphatic carboxylic acids is 1. The summed E-state index contributed by atoms with van der Waals surface area (Å²) >= 11 is 0. The molecule has 0 aromatic heterocycles. The minimum atomic E-state index is -0.987. The average molecular weight is 339 g/mol. The number of rotatable bonds is 5. The minimum Gasteiger partial charge on any atom is -0.480 e. The molecule has 0 spiro atoms. The Kier molecular flexibility index (Phi) is 6.45. The maximum atomic E-state index is 12.4. The monoisotopic (exact) mass is 339 g/mol. The zero-order valence-corrected chi connectivity index (χ0v) is 14.7. The van der Waals surface area contributed by atoms with E-state index >= 15 is 0 Å². The van der Waals surface area contributed by atoms with Gasteiger partial charge in [0, 0.05) is 32.1 Å². The molecule has 24 heavy (non-hydrogen) atoms. The first-order valence-electron chi connectivity index (χ1n) is 9.01. The Bertz CT molecular complexity index is 468. The molecule has 0 aromatic rings. The number of nitrogens with one attached hydrogen (secondary N) is 1. The molecule has 0 saturated carbocycles. The summed E-state index contributed by atoms with van der Waals surface area (Å²) in [6.07, 6.45) is 4.02. The van der Waals surface area contributed by atoms with Crippen molar-refractivity contribution in [3.63, 3.8) is 0 Å². The number of carboxylic acids is 1. The Morgan fingerprint density at radius 1 is 1.08 bits per heavy atom. The Labute approximate surface area is 143 Å². The van der Waals surface area contributed by atoms with Gasteiger partial charge in [-0.1, -0.05) is 20.3 Å². The third kappa shape index (κ3) is 4.39.